The van der Waals surface area contributed by atoms with Gasteiger partial charge < -0.3 is 4.74 Å². The number of nitro groups is 2. The molecule has 3 rings (SSSR count). The molecule has 0 saturated heterocycles. The van der Waals surface area contributed by atoms with Crippen molar-refractivity contribution in [2.45, 2.75) is 25.7 Å². The number of non-ortho nitro benzene ring substituents is 1. The fourth-order valence-corrected chi connectivity index (χ4v) is 2.75. The van der Waals surface area contributed by atoms with Crippen LogP contribution in [0.5, 0.6) is 11.5 Å². The summed E-state index contributed by atoms with van der Waals surface area (Å²) in [6.45, 7) is 0. The number of fused-ring (bicyclic) bond motifs is 1. The number of hydrogen-bond acceptors (Lipinski definition) is 5. The molecule has 0 unspecified atom stereocenters. The fourth-order valence-electron chi connectivity index (χ4n) is 2.75. The van der Waals surface area contributed by atoms with Gasteiger partial charge in [0.05, 0.1) is 15.9 Å². The van der Waals surface area contributed by atoms with Gasteiger partial charge in [-0.25, -0.2) is 0 Å². The van der Waals surface area contributed by atoms with Gasteiger partial charge >= 0.3 is 5.69 Å². The Balaban J connectivity index is 1.93. The number of nitro benzene ring substituents is 2. The van der Waals surface area contributed by atoms with E-state index >= 15 is 0 Å². The van der Waals surface area contributed by atoms with Gasteiger partial charge in [0.2, 0.25) is 5.75 Å². The summed E-state index contributed by atoms with van der Waals surface area (Å²) >= 11 is 0. The first kappa shape index (κ1) is 15.0. The predicted molar refractivity (Wildman–Crippen MR) is 82.9 cm³/mol. The van der Waals surface area contributed by atoms with E-state index in [-0.39, 0.29) is 11.4 Å². The molecule has 23 heavy (non-hydrogen) atoms. The lowest BCUT2D eigenvalue weighted by Gasteiger charge is -2.16. The largest absolute Gasteiger partial charge is 0.450 e. The molecular weight excluding hydrogens is 300 g/mol. The zero-order valence-corrected chi connectivity index (χ0v) is 12.2. The van der Waals surface area contributed by atoms with Gasteiger partial charge in [0, 0.05) is 6.07 Å². The predicted octanol–water partition coefficient (Wildman–Crippen LogP) is 4.17. The lowest BCUT2D eigenvalue weighted by molar-refractivity contribution is -0.394. The standard InChI is InChI=1S/C16H14N2O5/c19-17(20)13-6-8-16(15(10-13)18(21)22)23-14-7-5-11-3-1-2-4-12(11)9-14/h5-10H,1-4H2. The highest BCUT2D eigenvalue weighted by atomic mass is 16.6. The first-order valence-electron chi connectivity index (χ1n) is 7.27. The average Bonchev–Trinajstić information content (AvgIpc) is 2.54. The first-order valence-corrected chi connectivity index (χ1v) is 7.27. The Morgan fingerprint density at radius 1 is 0.870 bits per heavy atom. The molecule has 0 aromatic heterocycles. The Bertz CT molecular complexity index is 788. The second-order valence-corrected chi connectivity index (χ2v) is 5.41. The van der Waals surface area contributed by atoms with Crippen molar-refractivity contribution in [1.82, 2.24) is 0 Å². The zero-order chi connectivity index (χ0) is 16.4. The summed E-state index contributed by atoms with van der Waals surface area (Å²) in [7, 11) is 0. The van der Waals surface area contributed by atoms with Crippen LogP contribution in [0.1, 0.15) is 24.0 Å². The van der Waals surface area contributed by atoms with E-state index in [9.17, 15) is 20.2 Å². The van der Waals surface area contributed by atoms with Crippen molar-refractivity contribution >= 4 is 11.4 Å². The Morgan fingerprint density at radius 2 is 1.61 bits per heavy atom. The first-order chi connectivity index (χ1) is 11.0. The molecule has 2 aromatic rings. The van der Waals surface area contributed by atoms with Crippen LogP contribution >= 0.6 is 0 Å². The topological polar surface area (TPSA) is 95.5 Å². The summed E-state index contributed by atoms with van der Waals surface area (Å²) in [6, 6.07) is 9.00. The minimum atomic E-state index is -0.680. The van der Waals surface area contributed by atoms with E-state index in [4.69, 9.17) is 4.74 Å². The van der Waals surface area contributed by atoms with Gasteiger partial charge in [-0.15, -0.1) is 0 Å². The summed E-state index contributed by atoms with van der Waals surface area (Å²) < 4.78 is 5.61. The molecule has 0 N–H and O–H groups in total. The third-order valence-corrected chi connectivity index (χ3v) is 3.90. The van der Waals surface area contributed by atoms with Crippen LogP contribution in [0, 0.1) is 20.2 Å². The Labute approximate surface area is 131 Å². The van der Waals surface area contributed by atoms with Crippen molar-refractivity contribution in [2.24, 2.45) is 0 Å². The molecule has 1 aliphatic rings. The minimum absolute atomic E-state index is 0.00337. The second-order valence-electron chi connectivity index (χ2n) is 5.41. The maximum Gasteiger partial charge on any atom is 0.318 e. The third-order valence-electron chi connectivity index (χ3n) is 3.90. The van der Waals surface area contributed by atoms with Gasteiger partial charge in [0.1, 0.15) is 5.75 Å². The molecule has 7 nitrogen and oxygen atoms in total. The number of ether oxygens (including phenoxy) is 1. The van der Waals surface area contributed by atoms with Crippen LogP contribution in [0.15, 0.2) is 36.4 Å². The average molecular weight is 314 g/mol. The summed E-state index contributed by atoms with van der Waals surface area (Å²) in [4.78, 5) is 20.5. The molecule has 0 bridgehead atoms. The van der Waals surface area contributed by atoms with Crippen LogP contribution < -0.4 is 4.74 Å². The van der Waals surface area contributed by atoms with Gasteiger partial charge in [0.15, 0.2) is 0 Å². The molecule has 0 heterocycles. The van der Waals surface area contributed by atoms with Crippen molar-refractivity contribution in [3.05, 3.63) is 67.8 Å². The van der Waals surface area contributed by atoms with Crippen LogP contribution in [-0.4, -0.2) is 9.85 Å². The minimum Gasteiger partial charge on any atom is -0.450 e. The maximum atomic E-state index is 11.1. The summed E-state index contributed by atoms with van der Waals surface area (Å²) in [6.07, 6.45) is 4.29. The Morgan fingerprint density at radius 3 is 2.30 bits per heavy atom. The lowest BCUT2D eigenvalue weighted by atomic mass is 9.92. The lowest BCUT2D eigenvalue weighted by Crippen LogP contribution is -2.02. The van der Waals surface area contributed by atoms with E-state index in [1.54, 1.807) is 6.07 Å². The van der Waals surface area contributed by atoms with Gasteiger partial charge in [-0.2, -0.15) is 0 Å². The van der Waals surface area contributed by atoms with E-state index in [2.05, 4.69) is 0 Å². The molecule has 0 atom stereocenters. The highest BCUT2D eigenvalue weighted by Crippen LogP contribution is 2.35. The van der Waals surface area contributed by atoms with Crippen LogP contribution in [0.25, 0.3) is 0 Å². The molecule has 1 aliphatic carbocycles. The van der Waals surface area contributed by atoms with Crippen molar-refractivity contribution < 1.29 is 14.6 Å². The van der Waals surface area contributed by atoms with Gasteiger partial charge in [0.25, 0.3) is 5.69 Å². The summed E-state index contributed by atoms with van der Waals surface area (Å²) in [5.74, 6) is 0.499. The number of benzene rings is 2. The third kappa shape index (κ3) is 3.13. The molecule has 2 aromatic carbocycles. The molecule has 0 spiro atoms. The highest BCUT2D eigenvalue weighted by Gasteiger charge is 2.21. The van der Waals surface area contributed by atoms with Gasteiger partial charge in [-0.3, -0.25) is 20.2 Å². The van der Waals surface area contributed by atoms with Crippen molar-refractivity contribution in [3.8, 4) is 11.5 Å². The van der Waals surface area contributed by atoms with E-state index in [1.807, 2.05) is 12.1 Å². The molecule has 0 fully saturated rings. The highest BCUT2D eigenvalue weighted by molar-refractivity contribution is 5.55. The van der Waals surface area contributed by atoms with E-state index in [0.29, 0.717) is 5.75 Å². The molecule has 0 amide bonds. The van der Waals surface area contributed by atoms with Crippen LogP contribution in [0.4, 0.5) is 11.4 Å². The number of aryl methyl sites for hydroxylation is 2. The molecular formula is C16H14N2O5. The van der Waals surface area contributed by atoms with E-state index in [1.165, 1.54) is 29.7 Å². The van der Waals surface area contributed by atoms with E-state index < -0.39 is 15.5 Å². The molecule has 118 valence electrons. The van der Waals surface area contributed by atoms with E-state index in [0.717, 1.165) is 25.3 Å². The van der Waals surface area contributed by atoms with Crippen LogP contribution in [0.3, 0.4) is 0 Å². The molecule has 0 saturated carbocycles. The maximum absolute atomic E-state index is 11.1. The Kier molecular flexibility index (Phi) is 3.92. The summed E-state index contributed by atoms with van der Waals surface area (Å²) in [5.41, 5.74) is 1.71. The zero-order valence-electron chi connectivity index (χ0n) is 12.2. The van der Waals surface area contributed by atoms with Crippen molar-refractivity contribution in [2.75, 3.05) is 0 Å². The molecule has 0 aliphatic heterocycles. The normalized spacial score (nSPS) is 13.2. The Hall–Kier alpha value is -2.96. The summed E-state index contributed by atoms with van der Waals surface area (Å²) in [5, 5.41) is 21.9. The number of hydrogen-bond donors (Lipinski definition) is 0. The van der Waals surface area contributed by atoms with Gasteiger partial charge in [-0.1, -0.05) is 6.07 Å². The molecule has 0 radical (unpaired) electrons. The number of nitrogens with zero attached hydrogens (tertiary/aromatic N) is 2. The fraction of sp³-hybridized carbons (Fsp3) is 0.250. The quantitative estimate of drug-likeness (QED) is 0.623. The van der Waals surface area contributed by atoms with Gasteiger partial charge in [-0.05, 0) is 55.0 Å². The van der Waals surface area contributed by atoms with Crippen LogP contribution in [-0.2, 0) is 12.8 Å². The smallest absolute Gasteiger partial charge is 0.318 e. The van der Waals surface area contributed by atoms with Crippen molar-refractivity contribution in [3.63, 3.8) is 0 Å². The van der Waals surface area contributed by atoms with Crippen LogP contribution in [0.2, 0.25) is 0 Å². The molecule has 7 heteroatoms. The number of rotatable bonds is 4. The SMILES string of the molecule is O=[N+]([O-])c1ccc(Oc2ccc3c(c2)CCCC3)c([N+](=O)[O-])c1. The second kappa shape index (κ2) is 6.04. The monoisotopic (exact) mass is 314 g/mol. The van der Waals surface area contributed by atoms with Crippen molar-refractivity contribution in [1.29, 1.82) is 0 Å².